The molecule has 1 aliphatic heterocycles. The van der Waals surface area contributed by atoms with Crippen LogP contribution in [0.15, 0.2) is 5.38 Å². The highest BCUT2D eigenvalue weighted by atomic mass is 32.1. The minimum atomic E-state index is 0.861. The molecule has 1 aromatic rings. The Morgan fingerprint density at radius 2 is 2.12 bits per heavy atom. The first-order valence-electron chi connectivity index (χ1n) is 5.88. The fraction of sp³-hybridized carbons (Fsp3) is 0.727. The number of hydrogen-bond acceptors (Lipinski definition) is 5. The van der Waals surface area contributed by atoms with Crippen molar-refractivity contribution in [2.45, 2.75) is 19.9 Å². The van der Waals surface area contributed by atoms with Crippen molar-refractivity contribution < 1.29 is 0 Å². The van der Waals surface area contributed by atoms with E-state index in [9.17, 15) is 0 Å². The standard InChI is InChI=1S/C11H20N4S/c1-3-11-13-10(9-16-11)8-12-15-6-4-14(2)5-7-15/h9,12H,3-8H2,1-2H3. The summed E-state index contributed by atoms with van der Waals surface area (Å²) in [6.07, 6.45) is 1.04. The summed E-state index contributed by atoms with van der Waals surface area (Å²) in [6.45, 7) is 7.49. The first-order chi connectivity index (χ1) is 7.78. The van der Waals surface area contributed by atoms with Crippen LogP contribution < -0.4 is 5.43 Å². The molecule has 2 rings (SSSR count). The molecule has 90 valence electrons. The second-order valence-corrected chi connectivity index (χ2v) is 5.15. The normalized spacial score (nSPS) is 19.1. The Hall–Kier alpha value is -0.490. The smallest absolute Gasteiger partial charge is 0.0926 e. The molecule has 0 saturated carbocycles. The third kappa shape index (κ3) is 3.25. The molecular formula is C11H20N4S. The summed E-state index contributed by atoms with van der Waals surface area (Å²) in [5, 5.41) is 5.68. The highest BCUT2D eigenvalue weighted by Crippen LogP contribution is 2.10. The highest BCUT2D eigenvalue weighted by Gasteiger charge is 2.13. The third-order valence-corrected chi connectivity index (χ3v) is 3.93. The Morgan fingerprint density at radius 3 is 2.75 bits per heavy atom. The van der Waals surface area contributed by atoms with Gasteiger partial charge in [-0.2, -0.15) is 0 Å². The molecule has 0 unspecified atom stereocenters. The number of hydrazine groups is 1. The van der Waals surface area contributed by atoms with Gasteiger partial charge in [-0.3, -0.25) is 0 Å². The van der Waals surface area contributed by atoms with Crippen LogP contribution in [-0.2, 0) is 13.0 Å². The Bertz CT molecular complexity index is 318. The molecule has 16 heavy (non-hydrogen) atoms. The van der Waals surface area contributed by atoms with Crippen LogP contribution in [0.3, 0.4) is 0 Å². The highest BCUT2D eigenvalue weighted by molar-refractivity contribution is 7.09. The average molecular weight is 240 g/mol. The molecular weight excluding hydrogens is 220 g/mol. The molecule has 0 aliphatic carbocycles. The molecule has 2 heterocycles. The van der Waals surface area contributed by atoms with Gasteiger partial charge in [0.1, 0.15) is 0 Å². The number of aromatic nitrogens is 1. The van der Waals surface area contributed by atoms with E-state index in [-0.39, 0.29) is 0 Å². The lowest BCUT2D eigenvalue weighted by Gasteiger charge is -2.32. The van der Waals surface area contributed by atoms with Gasteiger partial charge in [0.15, 0.2) is 0 Å². The van der Waals surface area contributed by atoms with Crippen molar-refractivity contribution in [1.29, 1.82) is 0 Å². The molecule has 4 nitrogen and oxygen atoms in total. The van der Waals surface area contributed by atoms with E-state index in [1.54, 1.807) is 11.3 Å². The van der Waals surface area contributed by atoms with Crippen molar-refractivity contribution in [3.8, 4) is 0 Å². The van der Waals surface area contributed by atoms with Gasteiger partial charge in [-0.1, -0.05) is 6.92 Å². The van der Waals surface area contributed by atoms with E-state index in [0.29, 0.717) is 0 Å². The number of hydrogen-bond donors (Lipinski definition) is 1. The maximum absolute atomic E-state index is 4.55. The first kappa shape index (κ1) is 12.0. The van der Waals surface area contributed by atoms with Crippen molar-refractivity contribution in [2.75, 3.05) is 33.2 Å². The summed E-state index contributed by atoms with van der Waals surface area (Å²) >= 11 is 1.76. The summed E-state index contributed by atoms with van der Waals surface area (Å²) in [6, 6.07) is 0. The Morgan fingerprint density at radius 1 is 1.38 bits per heavy atom. The Kier molecular flexibility index (Phi) is 4.29. The number of likely N-dealkylation sites (N-methyl/N-ethyl adjacent to an activating group) is 1. The van der Waals surface area contributed by atoms with Gasteiger partial charge in [-0.25, -0.2) is 15.4 Å². The average Bonchev–Trinajstić information content (AvgIpc) is 2.76. The molecule has 1 N–H and O–H groups in total. The van der Waals surface area contributed by atoms with Crippen molar-refractivity contribution in [2.24, 2.45) is 0 Å². The van der Waals surface area contributed by atoms with Gasteiger partial charge in [0, 0.05) is 31.6 Å². The van der Waals surface area contributed by atoms with E-state index < -0.39 is 0 Å². The van der Waals surface area contributed by atoms with Crippen LogP contribution in [0.2, 0.25) is 0 Å². The molecule has 0 amide bonds. The Balaban J connectivity index is 1.74. The van der Waals surface area contributed by atoms with E-state index in [2.05, 4.69) is 39.7 Å². The van der Waals surface area contributed by atoms with Gasteiger partial charge >= 0.3 is 0 Å². The van der Waals surface area contributed by atoms with Gasteiger partial charge in [0.05, 0.1) is 17.2 Å². The zero-order chi connectivity index (χ0) is 11.4. The van der Waals surface area contributed by atoms with Crippen LogP contribution in [0.4, 0.5) is 0 Å². The Labute approximate surface area is 101 Å². The minimum absolute atomic E-state index is 0.861. The number of nitrogens with zero attached hydrogens (tertiary/aromatic N) is 3. The van der Waals surface area contributed by atoms with Crippen LogP contribution in [0.1, 0.15) is 17.6 Å². The number of aryl methyl sites for hydroxylation is 1. The summed E-state index contributed by atoms with van der Waals surface area (Å²) in [5.41, 5.74) is 4.61. The lowest BCUT2D eigenvalue weighted by molar-refractivity contribution is 0.102. The van der Waals surface area contributed by atoms with Crippen LogP contribution >= 0.6 is 11.3 Å². The van der Waals surface area contributed by atoms with E-state index in [4.69, 9.17) is 0 Å². The second-order valence-electron chi connectivity index (χ2n) is 4.21. The molecule has 1 saturated heterocycles. The van der Waals surface area contributed by atoms with E-state index >= 15 is 0 Å². The maximum Gasteiger partial charge on any atom is 0.0926 e. The summed E-state index contributed by atoms with van der Waals surface area (Å²) in [4.78, 5) is 6.90. The maximum atomic E-state index is 4.55. The predicted molar refractivity (Wildman–Crippen MR) is 67.4 cm³/mol. The van der Waals surface area contributed by atoms with Gasteiger partial charge in [0.25, 0.3) is 0 Å². The summed E-state index contributed by atoms with van der Waals surface area (Å²) in [7, 11) is 2.17. The number of piperazine rings is 1. The van der Waals surface area contributed by atoms with Crippen LogP contribution in [0.25, 0.3) is 0 Å². The lowest BCUT2D eigenvalue weighted by atomic mass is 10.4. The fourth-order valence-corrected chi connectivity index (χ4v) is 2.49. The van der Waals surface area contributed by atoms with Crippen molar-refractivity contribution in [3.05, 3.63) is 16.1 Å². The quantitative estimate of drug-likeness (QED) is 0.849. The van der Waals surface area contributed by atoms with Crippen molar-refractivity contribution in [3.63, 3.8) is 0 Å². The summed E-state index contributed by atoms with van der Waals surface area (Å²) < 4.78 is 0. The molecule has 5 heteroatoms. The zero-order valence-electron chi connectivity index (χ0n) is 10.1. The third-order valence-electron chi connectivity index (χ3n) is 2.89. The van der Waals surface area contributed by atoms with Gasteiger partial charge in [0.2, 0.25) is 0 Å². The van der Waals surface area contributed by atoms with Crippen LogP contribution in [0.5, 0.6) is 0 Å². The monoisotopic (exact) mass is 240 g/mol. The number of nitrogens with one attached hydrogen (secondary N) is 1. The molecule has 0 radical (unpaired) electrons. The van der Waals surface area contributed by atoms with E-state index in [1.165, 1.54) is 10.7 Å². The van der Waals surface area contributed by atoms with Gasteiger partial charge in [-0.15, -0.1) is 11.3 Å². The van der Waals surface area contributed by atoms with Crippen LogP contribution in [0, 0.1) is 0 Å². The minimum Gasteiger partial charge on any atom is -0.304 e. The molecule has 0 aromatic carbocycles. The molecule has 0 atom stereocenters. The van der Waals surface area contributed by atoms with Gasteiger partial charge < -0.3 is 4.90 Å². The van der Waals surface area contributed by atoms with Crippen molar-refractivity contribution >= 4 is 11.3 Å². The van der Waals surface area contributed by atoms with Crippen molar-refractivity contribution in [1.82, 2.24) is 20.3 Å². The zero-order valence-corrected chi connectivity index (χ0v) is 10.9. The molecule has 1 aromatic heterocycles. The molecule has 1 aliphatic rings. The molecule has 0 bridgehead atoms. The molecule has 1 fully saturated rings. The number of rotatable bonds is 4. The second kappa shape index (κ2) is 5.72. The molecule has 0 spiro atoms. The predicted octanol–water partition coefficient (Wildman–Crippen LogP) is 0.958. The first-order valence-corrected chi connectivity index (χ1v) is 6.76. The van der Waals surface area contributed by atoms with E-state index in [1.807, 2.05) is 0 Å². The van der Waals surface area contributed by atoms with E-state index in [0.717, 1.165) is 39.1 Å². The fourth-order valence-electron chi connectivity index (χ4n) is 1.75. The SMILES string of the molecule is CCc1nc(CNN2CCN(C)CC2)cs1. The lowest BCUT2D eigenvalue weighted by Crippen LogP contribution is -2.50. The number of thiazole rings is 1. The topological polar surface area (TPSA) is 31.4 Å². The largest absolute Gasteiger partial charge is 0.304 e. The summed E-state index contributed by atoms with van der Waals surface area (Å²) in [5.74, 6) is 0. The van der Waals surface area contributed by atoms with Crippen LogP contribution in [-0.4, -0.2) is 48.1 Å². The van der Waals surface area contributed by atoms with Gasteiger partial charge in [-0.05, 0) is 13.5 Å².